The van der Waals surface area contributed by atoms with Crippen molar-refractivity contribution in [2.24, 2.45) is 5.41 Å². The molecule has 0 heterocycles. The van der Waals surface area contributed by atoms with Gasteiger partial charge in [-0.1, -0.05) is 13.8 Å². The highest BCUT2D eigenvalue weighted by atomic mass is 16.5. The van der Waals surface area contributed by atoms with Gasteiger partial charge in [-0.2, -0.15) is 0 Å². The zero-order chi connectivity index (χ0) is 14.6. The minimum Gasteiger partial charge on any atom is -0.497 e. The minimum absolute atomic E-state index is 0.520. The van der Waals surface area contributed by atoms with Crippen LogP contribution in [0.2, 0.25) is 0 Å². The fourth-order valence-corrected chi connectivity index (χ4v) is 2.88. The molecule has 1 aromatic carbocycles. The maximum atomic E-state index is 5.42. The normalized spacial score (nSPS) is 18.8. The number of ether oxygens (including phenoxy) is 2. The summed E-state index contributed by atoms with van der Waals surface area (Å²) in [5.41, 5.74) is 1.68. The van der Waals surface area contributed by atoms with Crippen LogP contribution in [0.4, 0.5) is 0 Å². The maximum Gasteiger partial charge on any atom is 0.123 e. The molecule has 1 aliphatic carbocycles. The van der Waals surface area contributed by atoms with Gasteiger partial charge < -0.3 is 14.8 Å². The van der Waals surface area contributed by atoms with Crippen molar-refractivity contribution in [3.05, 3.63) is 23.8 Å². The first-order chi connectivity index (χ1) is 9.54. The molecule has 0 aromatic heterocycles. The van der Waals surface area contributed by atoms with Gasteiger partial charge in [0.25, 0.3) is 0 Å². The molecule has 0 amide bonds. The second kappa shape index (κ2) is 6.49. The number of methoxy groups -OCH3 is 2. The largest absolute Gasteiger partial charge is 0.497 e. The molecule has 3 nitrogen and oxygen atoms in total. The fourth-order valence-electron chi connectivity index (χ4n) is 2.88. The van der Waals surface area contributed by atoms with Crippen LogP contribution in [0.1, 0.15) is 45.1 Å². The molecule has 0 atom stereocenters. The van der Waals surface area contributed by atoms with Gasteiger partial charge in [-0.3, -0.25) is 0 Å². The Labute approximate surface area is 122 Å². The van der Waals surface area contributed by atoms with Crippen LogP contribution in [0.5, 0.6) is 11.5 Å². The topological polar surface area (TPSA) is 30.5 Å². The van der Waals surface area contributed by atoms with Crippen LogP contribution >= 0.6 is 0 Å². The van der Waals surface area contributed by atoms with Crippen molar-refractivity contribution in [2.75, 3.05) is 14.2 Å². The van der Waals surface area contributed by atoms with Gasteiger partial charge in [0.05, 0.1) is 14.2 Å². The molecule has 0 spiro atoms. The van der Waals surface area contributed by atoms with Crippen LogP contribution < -0.4 is 14.8 Å². The van der Waals surface area contributed by atoms with E-state index in [2.05, 4.69) is 25.2 Å². The van der Waals surface area contributed by atoms with Crippen molar-refractivity contribution < 1.29 is 9.47 Å². The van der Waals surface area contributed by atoms with E-state index in [1.807, 2.05) is 12.1 Å². The van der Waals surface area contributed by atoms with E-state index < -0.39 is 0 Å². The second-order valence-corrected chi connectivity index (χ2v) is 6.50. The van der Waals surface area contributed by atoms with Crippen molar-refractivity contribution >= 4 is 0 Å². The summed E-state index contributed by atoms with van der Waals surface area (Å²) in [6.07, 6.45) is 5.14. The Balaban J connectivity index is 1.93. The van der Waals surface area contributed by atoms with E-state index >= 15 is 0 Å². The Morgan fingerprint density at radius 1 is 1.15 bits per heavy atom. The molecule has 20 heavy (non-hydrogen) atoms. The highest BCUT2D eigenvalue weighted by Gasteiger charge is 2.26. The summed E-state index contributed by atoms with van der Waals surface area (Å²) in [6, 6.07) is 6.59. The molecule has 1 fully saturated rings. The quantitative estimate of drug-likeness (QED) is 0.889. The van der Waals surface area contributed by atoms with Crippen LogP contribution in [-0.4, -0.2) is 20.3 Å². The molecular weight excluding hydrogens is 250 g/mol. The van der Waals surface area contributed by atoms with E-state index in [0.717, 1.165) is 23.6 Å². The highest BCUT2D eigenvalue weighted by molar-refractivity contribution is 5.40. The molecule has 0 radical (unpaired) electrons. The zero-order valence-corrected chi connectivity index (χ0v) is 13.2. The van der Waals surface area contributed by atoms with E-state index in [9.17, 15) is 0 Å². The van der Waals surface area contributed by atoms with Crippen molar-refractivity contribution in [3.8, 4) is 11.5 Å². The van der Waals surface area contributed by atoms with Crippen LogP contribution in [0.25, 0.3) is 0 Å². The van der Waals surface area contributed by atoms with Crippen LogP contribution in [-0.2, 0) is 6.54 Å². The van der Waals surface area contributed by atoms with Gasteiger partial charge in [0, 0.05) is 18.2 Å². The third-order valence-electron chi connectivity index (χ3n) is 4.41. The van der Waals surface area contributed by atoms with Crippen molar-refractivity contribution in [1.29, 1.82) is 0 Å². The minimum atomic E-state index is 0.520. The standard InChI is InChI=1S/C17H27NO2/c1-17(2)9-7-14(8-10-17)18-12-13-11-15(19-3)5-6-16(13)20-4/h5-6,11,14,18H,7-10,12H2,1-4H3. The lowest BCUT2D eigenvalue weighted by molar-refractivity contribution is 0.205. The van der Waals surface area contributed by atoms with Gasteiger partial charge in [0.1, 0.15) is 11.5 Å². The molecule has 0 bridgehead atoms. The lowest BCUT2D eigenvalue weighted by Gasteiger charge is -2.34. The summed E-state index contributed by atoms with van der Waals surface area (Å²) in [6.45, 7) is 5.58. The van der Waals surface area contributed by atoms with E-state index in [-0.39, 0.29) is 0 Å². The highest BCUT2D eigenvalue weighted by Crippen LogP contribution is 2.35. The summed E-state index contributed by atoms with van der Waals surface area (Å²) in [5.74, 6) is 1.81. The first-order valence-electron chi connectivity index (χ1n) is 7.48. The Morgan fingerprint density at radius 3 is 2.45 bits per heavy atom. The molecular formula is C17H27NO2. The predicted octanol–water partition coefficient (Wildman–Crippen LogP) is 3.76. The molecule has 112 valence electrons. The summed E-state index contributed by atoms with van der Waals surface area (Å²) >= 11 is 0. The van der Waals surface area contributed by atoms with Crippen molar-refractivity contribution in [1.82, 2.24) is 5.32 Å². The van der Waals surface area contributed by atoms with Gasteiger partial charge in [-0.15, -0.1) is 0 Å². The predicted molar refractivity (Wildman–Crippen MR) is 82.4 cm³/mol. The van der Waals surface area contributed by atoms with E-state index in [0.29, 0.717) is 11.5 Å². The van der Waals surface area contributed by atoms with Crippen LogP contribution in [0.15, 0.2) is 18.2 Å². The monoisotopic (exact) mass is 277 g/mol. The van der Waals surface area contributed by atoms with Gasteiger partial charge in [0.15, 0.2) is 0 Å². The van der Waals surface area contributed by atoms with Gasteiger partial charge in [-0.05, 0) is 49.3 Å². The lowest BCUT2D eigenvalue weighted by atomic mass is 9.75. The molecule has 3 heteroatoms. The second-order valence-electron chi connectivity index (χ2n) is 6.50. The first kappa shape index (κ1) is 15.2. The van der Waals surface area contributed by atoms with E-state index in [1.165, 1.54) is 25.7 Å². The number of nitrogens with one attached hydrogen (secondary N) is 1. The molecule has 1 aromatic rings. The van der Waals surface area contributed by atoms with Crippen molar-refractivity contribution in [2.45, 2.75) is 52.1 Å². The molecule has 0 unspecified atom stereocenters. The summed E-state index contributed by atoms with van der Waals surface area (Å²) in [5, 5.41) is 3.67. The molecule has 1 N–H and O–H groups in total. The number of benzene rings is 1. The average molecular weight is 277 g/mol. The fraction of sp³-hybridized carbons (Fsp3) is 0.647. The molecule has 2 rings (SSSR count). The maximum absolute atomic E-state index is 5.42. The van der Waals surface area contributed by atoms with Gasteiger partial charge in [-0.25, -0.2) is 0 Å². The Bertz CT molecular complexity index is 433. The van der Waals surface area contributed by atoms with Crippen LogP contribution in [0.3, 0.4) is 0 Å². The Hall–Kier alpha value is -1.22. The molecule has 1 saturated carbocycles. The zero-order valence-electron chi connectivity index (χ0n) is 13.2. The number of hydrogen-bond acceptors (Lipinski definition) is 3. The molecule has 1 aliphatic rings. The summed E-state index contributed by atoms with van der Waals surface area (Å²) in [7, 11) is 3.41. The Morgan fingerprint density at radius 2 is 1.85 bits per heavy atom. The summed E-state index contributed by atoms with van der Waals surface area (Å²) < 4.78 is 10.7. The molecule has 0 aliphatic heterocycles. The summed E-state index contributed by atoms with van der Waals surface area (Å²) in [4.78, 5) is 0. The SMILES string of the molecule is COc1ccc(OC)c(CNC2CCC(C)(C)CC2)c1. The first-order valence-corrected chi connectivity index (χ1v) is 7.48. The lowest BCUT2D eigenvalue weighted by Crippen LogP contribution is -2.35. The Kier molecular flexibility index (Phi) is 4.92. The third-order valence-corrected chi connectivity index (χ3v) is 4.41. The van der Waals surface area contributed by atoms with Gasteiger partial charge in [0.2, 0.25) is 0 Å². The average Bonchev–Trinajstić information content (AvgIpc) is 2.45. The number of rotatable bonds is 5. The van der Waals surface area contributed by atoms with E-state index in [4.69, 9.17) is 9.47 Å². The van der Waals surface area contributed by atoms with E-state index in [1.54, 1.807) is 14.2 Å². The molecule has 0 saturated heterocycles. The van der Waals surface area contributed by atoms with Crippen LogP contribution in [0, 0.1) is 5.41 Å². The smallest absolute Gasteiger partial charge is 0.123 e. The van der Waals surface area contributed by atoms with Gasteiger partial charge >= 0.3 is 0 Å². The number of hydrogen-bond donors (Lipinski definition) is 1. The third kappa shape index (κ3) is 3.89. The van der Waals surface area contributed by atoms with Crippen molar-refractivity contribution in [3.63, 3.8) is 0 Å².